The second-order valence-corrected chi connectivity index (χ2v) is 4.12. The van der Waals surface area contributed by atoms with Crippen LogP contribution in [0.5, 0.6) is 0 Å². The Bertz CT molecular complexity index is 465. The van der Waals surface area contributed by atoms with Crippen molar-refractivity contribution in [2.75, 3.05) is 7.05 Å². The number of hydrogen-bond acceptors (Lipinski definition) is 1. The molecule has 1 aliphatic carbocycles. The number of fused-ring (bicyclic) bond motifs is 1. The molecule has 84 valence electrons. The van der Waals surface area contributed by atoms with Gasteiger partial charge in [-0.05, 0) is 41.2 Å². The maximum absolute atomic E-state index is 13.2. The minimum Gasteiger partial charge on any atom is -0.356 e. The van der Waals surface area contributed by atoms with Crippen LogP contribution < -0.4 is 5.32 Å². The molecule has 3 heteroatoms. The summed E-state index contributed by atoms with van der Waals surface area (Å²) in [5.41, 5.74) is 2.91. The highest BCUT2D eigenvalue weighted by Crippen LogP contribution is 2.40. The molecule has 2 rings (SSSR count). The Morgan fingerprint density at radius 2 is 2.31 bits per heavy atom. The van der Waals surface area contributed by atoms with Crippen LogP contribution in [0.2, 0.25) is 0 Å². The van der Waals surface area contributed by atoms with Gasteiger partial charge in [0.25, 0.3) is 0 Å². The summed E-state index contributed by atoms with van der Waals surface area (Å²) in [4.78, 5) is 11.3. The zero-order chi connectivity index (χ0) is 11.7. The van der Waals surface area contributed by atoms with E-state index >= 15 is 0 Å². The van der Waals surface area contributed by atoms with Gasteiger partial charge in [-0.25, -0.2) is 4.39 Å². The first-order valence-electron chi connectivity index (χ1n) is 5.34. The van der Waals surface area contributed by atoms with Crippen molar-refractivity contribution >= 4 is 11.5 Å². The van der Waals surface area contributed by atoms with Crippen LogP contribution in [0.15, 0.2) is 24.3 Å². The second kappa shape index (κ2) is 4.08. The Labute approximate surface area is 94.2 Å². The Morgan fingerprint density at radius 3 is 3.00 bits per heavy atom. The standard InChI is InChI=1S/C13H14FNO/c1-8-5-9(6-13(16)15-2)12-7-10(14)3-4-11(8)12/h3-4,6-8H,5H2,1-2H3,(H,15,16)/b9-6+. The van der Waals surface area contributed by atoms with E-state index in [1.54, 1.807) is 19.2 Å². The molecule has 16 heavy (non-hydrogen) atoms. The van der Waals surface area contributed by atoms with Crippen molar-refractivity contribution in [1.82, 2.24) is 5.32 Å². The highest BCUT2D eigenvalue weighted by molar-refractivity contribution is 5.96. The van der Waals surface area contributed by atoms with E-state index in [4.69, 9.17) is 0 Å². The number of carbonyl (C=O) groups excluding carboxylic acids is 1. The van der Waals surface area contributed by atoms with Gasteiger partial charge in [0, 0.05) is 13.1 Å². The Kier molecular flexibility index (Phi) is 2.77. The van der Waals surface area contributed by atoms with Crippen molar-refractivity contribution < 1.29 is 9.18 Å². The Morgan fingerprint density at radius 1 is 1.56 bits per heavy atom. The lowest BCUT2D eigenvalue weighted by molar-refractivity contribution is -0.116. The molecule has 1 N–H and O–H groups in total. The maximum atomic E-state index is 13.2. The van der Waals surface area contributed by atoms with Crippen molar-refractivity contribution in [2.45, 2.75) is 19.3 Å². The average Bonchev–Trinajstić information content (AvgIpc) is 2.55. The molecule has 0 saturated heterocycles. The van der Waals surface area contributed by atoms with Crippen molar-refractivity contribution in [3.63, 3.8) is 0 Å². The average molecular weight is 219 g/mol. The summed E-state index contributed by atoms with van der Waals surface area (Å²) in [7, 11) is 1.59. The molecule has 1 unspecified atom stereocenters. The van der Waals surface area contributed by atoms with Gasteiger partial charge in [0.05, 0.1) is 0 Å². The van der Waals surface area contributed by atoms with Gasteiger partial charge in [-0.1, -0.05) is 13.0 Å². The summed E-state index contributed by atoms with van der Waals surface area (Å²) in [6.45, 7) is 2.08. The lowest BCUT2D eigenvalue weighted by Gasteiger charge is -2.02. The number of rotatable bonds is 1. The number of benzene rings is 1. The van der Waals surface area contributed by atoms with Gasteiger partial charge in [-0.15, -0.1) is 0 Å². The van der Waals surface area contributed by atoms with Crippen LogP contribution in [-0.4, -0.2) is 13.0 Å². The molecular formula is C13H14FNO. The minimum absolute atomic E-state index is 0.140. The Hall–Kier alpha value is -1.64. The predicted molar refractivity (Wildman–Crippen MR) is 61.5 cm³/mol. The van der Waals surface area contributed by atoms with Gasteiger partial charge in [0.2, 0.25) is 5.91 Å². The molecule has 1 atom stereocenters. The van der Waals surface area contributed by atoms with E-state index in [2.05, 4.69) is 12.2 Å². The number of halogens is 1. The zero-order valence-electron chi connectivity index (χ0n) is 9.38. The summed E-state index contributed by atoms with van der Waals surface area (Å²) < 4.78 is 13.2. The summed E-state index contributed by atoms with van der Waals surface area (Å²) in [6, 6.07) is 4.78. The van der Waals surface area contributed by atoms with Gasteiger partial charge in [-0.3, -0.25) is 4.79 Å². The van der Waals surface area contributed by atoms with E-state index in [0.717, 1.165) is 23.1 Å². The third-order valence-electron chi connectivity index (χ3n) is 2.97. The summed E-state index contributed by atoms with van der Waals surface area (Å²) >= 11 is 0. The molecule has 1 aliphatic rings. The molecule has 2 nitrogen and oxygen atoms in total. The van der Waals surface area contributed by atoms with Gasteiger partial charge in [-0.2, -0.15) is 0 Å². The number of allylic oxidation sites excluding steroid dienone is 1. The predicted octanol–water partition coefficient (Wildman–Crippen LogP) is 2.46. The van der Waals surface area contributed by atoms with Crippen LogP contribution >= 0.6 is 0 Å². The van der Waals surface area contributed by atoms with Crippen LogP contribution in [0, 0.1) is 5.82 Å². The maximum Gasteiger partial charge on any atom is 0.244 e. The molecule has 0 aliphatic heterocycles. The zero-order valence-corrected chi connectivity index (χ0v) is 9.38. The van der Waals surface area contributed by atoms with Gasteiger partial charge in [0.1, 0.15) is 5.82 Å². The summed E-state index contributed by atoms with van der Waals surface area (Å²) in [5.74, 6) is -0.0403. The fourth-order valence-corrected chi connectivity index (χ4v) is 2.15. The number of carbonyl (C=O) groups is 1. The van der Waals surface area contributed by atoms with E-state index < -0.39 is 0 Å². The second-order valence-electron chi connectivity index (χ2n) is 4.12. The van der Waals surface area contributed by atoms with Crippen LogP contribution in [0.3, 0.4) is 0 Å². The fourth-order valence-electron chi connectivity index (χ4n) is 2.15. The van der Waals surface area contributed by atoms with Crippen molar-refractivity contribution in [3.8, 4) is 0 Å². The molecular weight excluding hydrogens is 205 g/mol. The lowest BCUT2D eigenvalue weighted by Crippen LogP contribution is -2.14. The van der Waals surface area contributed by atoms with Gasteiger partial charge >= 0.3 is 0 Å². The fraction of sp³-hybridized carbons (Fsp3) is 0.308. The molecule has 0 radical (unpaired) electrons. The number of nitrogens with one attached hydrogen (secondary N) is 1. The van der Waals surface area contributed by atoms with E-state index in [1.165, 1.54) is 12.1 Å². The molecule has 0 fully saturated rings. The monoisotopic (exact) mass is 219 g/mol. The van der Waals surface area contributed by atoms with E-state index in [0.29, 0.717) is 5.92 Å². The first kappa shape index (κ1) is 10.9. The topological polar surface area (TPSA) is 29.1 Å². The molecule has 1 aromatic carbocycles. The van der Waals surface area contributed by atoms with E-state index in [1.807, 2.05) is 0 Å². The van der Waals surface area contributed by atoms with Crippen molar-refractivity contribution in [2.24, 2.45) is 0 Å². The van der Waals surface area contributed by atoms with Crippen LogP contribution in [-0.2, 0) is 4.79 Å². The molecule has 0 saturated carbocycles. The van der Waals surface area contributed by atoms with Gasteiger partial charge < -0.3 is 5.32 Å². The third-order valence-corrected chi connectivity index (χ3v) is 2.97. The SMILES string of the molecule is CNC(=O)/C=C1\CC(C)c2ccc(F)cc21. The van der Waals surface area contributed by atoms with E-state index in [-0.39, 0.29) is 11.7 Å². The molecule has 1 amide bonds. The summed E-state index contributed by atoms with van der Waals surface area (Å²) in [5, 5.41) is 2.54. The largest absolute Gasteiger partial charge is 0.356 e. The number of likely N-dealkylation sites (N-methyl/N-ethyl adjacent to an activating group) is 1. The molecule has 0 aromatic heterocycles. The lowest BCUT2D eigenvalue weighted by atomic mass is 10.0. The molecule has 0 bridgehead atoms. The third kappa shape index (κ3) is 1.85. The van der Waals surface area contributed by atoms with Gasteiger partial charge in [0.15, 0.2) is 0 Å². The molecule has 0 spiro atoms. The number of amides is 1. The quantitative estimate of drug-likeness (QED) is 0.722. The Balaban J connectivity index is 2.45. The van der Waals surface area contributed by atoms with Crippen LogP contribution in [0.1, 0.15) is 30.4 Å². The minimum atomic E-state index is -0.254. The highest BCUT2D eigenvalue weighted by atomic mass is 19.1. The molecule has 1 aromatic rings. The van der Waals surface area contributed by atoms with Crippen molar-refractivity contribution in [3.05, 3.63) is 41.2 Å². The first-order valence-corrected chi connectivity index (χ1v) is 5.34. The highest BCUT2D eigenvalue weighted by Gasteiger charge is 2.23. The normalized spacial score (nSPS) is 20.9. The summed E-state index contributed by atoms with van der Waals surface area (Å²) in [6.07, 6.45) is 2.36. The smallest absolute Gasteiger partial charge is 0.244 e. The number of hydrogen-bond donors (Lipinski definition) is 1. The molecule has 0 heterocycles. The van der Waals surface area contributed by atoms with E-state index in [9.17, 15) is 9.18 Å². The van der Waals surface area contributed by atoms with Crippen LogP contribution in [0.25, 0.3) is 5.57 Å². The first-order chi connectivity index (χ1) is 7.61. The van der Waals surface area contributed by atoms with Crippen molar-refractivity contribution in [1.29, 1.82) is 0 Å². The van der Waals surface area contributed by atoms with Crippen LogP contribution in [0.4, 0.5) is 4.39 Å².